The van der Waals surface area contributed by atoms with Crippen molar-refractivity contribution in [1.82, 2.24) is 9.88 Å². The largest absolute Gasteiger partial charge is 0.469 e. The third-order valence-corrected chi connectivity index (χ3v) is 3.25. The Morgan fingerprint density at radius 1 is 1.58 bits per heavy atom. The van der Waals surface area contributed by atoms with Gasteiger partial charge < -0.3 is 10.5 Å². The van der Waals surface area contributed by atoms with Crippen LogP contribution in [-0.2, 0) is 16.1 Å². The number of carbonyl (C=O) groups excluding carboxylic acids is 1. The van der Waals surface area contributed by atoms with Gasteiger partial charge in [-0.2, -0.15) is 0 Å². The summed E-state index contributed by atoms with van der Waals surface area (Å²) in [7, 11) is 1.42. The molecule has 1 rings (SSSR count). The van der Waals surface area contributed by atoms with E-state index in [2.05, 4.69) is 28.5 Å². The molecular formula is C12H22ClN3O2S. The van der Waals surface area contributed by atoms with Gasteiger partial charge in [-0.3, -0.25) is 9.69 Å². The molecule has 0 aliphatic rings. The summed E-state index contributed by atoms with van der Waals surface area (Å²) in [6.07, 6.45) is 2.21. The molecule has 1 aromatic rings. The van der Waals surface area contributed by atoms with E-state index in [0.717, 1.165) is 18.0 Å². The Morgan fingerprint density at radius 2 is 2.26 bits per heavy atom. The number of thiazole rings is 1. The van der Waals surface area contributed by atoms with Crippen LogP contribution in [0.5, 0.6) is 0 Å². The van der Waals surface area contributed by atoms with Crippen molar-refractivity contribution < 1.29 is 9.53 Å². The molecule has 0 aliphatic carbocycles. The molecule has 0 saturated carbocycles. The van der Waals surface area contributed by atoms with Gasteiger partial charge in [0.25, 0.3) is 0 Å². The van der Waals surface area contributed by atoms with Gasteiger partial charge in [0.2, 0.25) is 0 Å². The van der Waals surface area contributed by atoms with E-state index in [1.165, 1.54) is 18.4 Å². The number of anilines is 1. The van der Waals surface area contributed by atoms with Crippen molar-refractivity contribution in [2.45, 2.75) is 26.8 Å². The van der Waals surface area contributed by atoms with E-state index in [4.69, 9.17) is 5.73 Å². The van der Waals surface area contributed by atoms with Crippen LogP contribution in [-0.4, -0.2) is 36.1 Å². The van der Waals surface area contributed by atoms with Crippen LogP contribution in [0.3, 0.4) is 0 Å². The summed E-state index contributed by atoms with van der Waals surface area (Å²) < 4.78 is 4.66. The maximum Gasteiger partial charge on any atom is 0.306 e. The average Bonchev–Trinajstić information content (AvgIpc) is 2.70. The Morgan fingerprint density at radius 3 is 2.74 bits per heavy atom. The lowest BCUT2D eigenvalue weighted by atomic mass is 10.2. The van der Waals surface area contributed by atoms with Crippen molar-refractivity contribution in [2.75, 3.05) is 25.9 Å². The molecular weight excluding hydrogens is 286 g/mol. The van der Waals surface area contributed by atoms with Crippen molar-refractivity contribution in [3.05, 3.63) is 11.1 Å². The van der Waals surface area contributed by atoms with Crippen LogP contribution < -0.4 is 5.73 Å². The summed E-state index contributed by atoms with van der Waals surface area (Å²) in [5, 5.41) is 0.586. The van der Waals surface area contributed by atoms with E-state index in [-0.39, 0.29) is 18.4 Å². The molecule has 0 spiro atoms. The van der Waals surface area contributed by atoms with Gasteiger partial charge in [0.1, 0.15) is 0 Å². The number of hydrogen-bond acceptors (Lipinski definition) is 6. The standard InChI is InChI=1S/C12H21N3O2S.ClH/c1-9(2)7-15(5-4-11(16)17-3)8-10-6-14-12(13)18-10;/h6,9H,4-5,7-8H2,1-3H3,(H2,13,14);1H. The second kappa shape index (κ2) is 9.12. The zero-order valence-corrected chi connectivity index (χ0v) is 13.2. The fraction of sp³-hybridized carbons (Fsp3) is 0.667. The fourth-order valence-electron chi connectivity index (χ4n) is 1.72. The first-order valence-corrected chi connectivity index (χ1v) is 6.82. The highest BCUT2D eigenvalue weighted by Crippen LogP contribution is 2.17. The van der Waals surface area contributed by atoms with E-state index in [9.17, 15) is 4.79 Å². The maximum atomic E-state index is 11.2. The number of methoxy groups -OCH3 is 1. The quantitative estimate of drug-likeness (QED) is 0.782. The lowest BCUT2D eigenvalue weighted by Gasteiger charge is -2.22. The van der Waals surface area contributed by atoms with Crippen LogP contribution in [0.2, 0.25) is 0 Å². The number of hydrogen-bond donors (Lipinski definition) is 1. The molecule has 0 radical (unpaired) electrons. The van der Waals surface area contributed by atoms with Gasteiger partial charge in [-0.05, 0) is 5.92 Å². The summed E-state index contributed by atoms with van der Waals surface area (Å²) in [5.41, 5.74) is 5.61. The number of nitrogens with zero attached hydrogens (tertiary/aromatic N) is 2. The summed E-state index contributed by atoms with van der Waals surface area (Å²) in [5.74, 6) is 0.375. The van der Waals surface area contributed by atoms with Gasteiger partial charge in [-0.15, -0.1) is 23.7 Å². The second-order valence-corrected chi connectivity index (χ2v) is 5.77. The fourth-order valence-corrected chi connectivity index (χ4v) is 2.45. The second-order valence-electron chi connectivity index (χ2n) is 4.62. The first kappa shape index (κ1) is 18.1. The van der Waals surface area contributed by atoms with Crippen LogP contribution >= 0.6 is 23.7 Å². The van der Waals surface area contributed by atoms with Gasteiger partial charge in [0.15, 0.2) is 5.13 Å². The molecule has 5 nitrogen and oxygen atoms in total. The monoisotopic (exact) mass is 307 g/mol. The minimum atomic E-state index is -0.174. The molecule has 19 heavy (non-hydrogen) atoms. The molecule has 0 fully saturated rings. The van der Waals surface area contributed by atoms with Crippen LogP contribution in [0, 0.1) is 5.92 Å². The van der Waals surface area contributed by atoms with Crippen LogP contribution in [0.1, 0.15) is 25.1 Å². The van der Waals surface area contributed by atoms with Crippen LogP contribution in [0.25, 0.3) is 0 Å². The molecule has 0 atom stereocenters. The number of carbonyl (C=O) groups is 1. The zero-order valence-electron chi connectivity index (χ0n) is 11.6. The highest BCUT2D eigenvalue weighted by Gasteiger charge is 2.12. The van der Waals surface area contributed by atoms with E-state index in [1.54, 1.807) is 6.20 Å². The topological polar surface area (TPSA) is 68.5 Å². The number of ether oxygens (including phenoxy) is 1. The number of nitrogens with two attached hydrogens (primary N) is 1. The van der Waals surface area contributed by atoms with E-state index >= 15 is 0 Å². The van der Waals surface area contributed by atoms with Crippen molar-refractivity contribution in [3.8, 4) is 0 Å². The first-order valence-electron chi connectivity index (χ1n) is 6.00. The van der Waals surface area contributed by atoms with Crippen molar-refractivity contribution in [3.63, 3.8) is 0 Å². The molecule has 0 aromatic carbocycles. The summed E-state index contributed by atoms with van der Waals surface area (Å²) >= 11 is 1.49. The number of aromatic nitrogens is 1. The van der Waals surface area contributed by atoms with Gasteiger partial charge in [-0.1, -0.05) is 13.8 Å². The Hall–Kier alpha value is -0.850. The van der Waals surface area contributed by atoms with E-state index < -0.39 is 0 Å². The highest BCUT2D eigenvalue weighted by molar-refractivity contribution is 7.15. The Bertz CT molecular complexity index is 385. The molecule has 110 valence electrons. The third-order valence-electron chi connectivity index (χ3n) is 2.43. The minimum absolute atomic E-state index is 0. The van der Waals surface area contributed by atoms with Crippen LogP contribution in [0.15, 0.2) is 6.20 Å². The number of esters is 1. The molecule has 1 heterocycles. The van der Waals surface area contributed by atoms with Crippen molar-refractivity contribution in [2.24, 2.45) is 5.92 Å². The van der Waals surface area contributed by atoms with Gasteiger partial charge in [0, 0.05) is 30.7 Å². The minimum Gasteiger partial charge on any atom is -0.469 e. The number of nitrogen functional groups attached to an aromatic ring is 1. The van der Waals surface area contributed by atoms with Gasteiger partial charge >= 0.3 is 5.97 Å². The van der Waals surface area contributed by atoms with E-state index in [1.807, 2.05) is 0 Å². The lowest BCUT2D eigenvalue weighted by Crippen LogP contribution is -2.29. The Labute approximate surface area is 124 Å². The van der Waals surface area contributed by atoms with Crippen molar-refractivity contribution >= 4 is 34.8 Å². The summed E-state index contributed by atoms with van der Waals surface area (Å²) in [6.45, 7) is 6.74. The van der Waals surface area contributed by atoms with Gasteiger partial charge in [-0.25, -0.2) is 4.98 Å². The number of rotatable bonds is 7. The SMILES string of the molecule is COC(=O)CCN(Cc1cnc(N)s1)CC(C)C.Cl. The Balaban J connectivity index is 0.00000324. The molecule has 0 aliphatic heterocycles. The van der Waals surface area contributed by atoms with Crippen LogP contribution in [0.4, 0.5) is 5.13 Å². The molecule has 0 unspecified atom stereocenters. The highest BCUT2D eigenvalue weighted by atomic mass is 35.5. The predicted octanol–water partition coefficient (Wildman–Crippen LogP) is 2.17. The summed E-state index contributed by atoms with van der Waals surface area (Å²) in [4.78, 5) is 18.6. The average molecular weight is 308 g/mol. The zero-order chi connectivity index (χ0) is 13.5. The van der Waals surface area contributed by atoms with Crippen molar-refractivity contribution in [1.29, 1.82) is 0 Å². The molecule has 0 bridgehead atoms. The smallest absolute Gasteiger partial charge is 0.306 e. The lowest BCUT2D eigenvalue weighted by molar-refractivity contribution is -0.141. The molecule has 0 amide bonds. The molecule has 0 saturated heterocycles. The first-order chi connectivity index (χ1) is 8.51. The maximum absolute atomic E-state index is 11.2. The van der Waals surface area contributed by atoms with Gasteiger partial charge in [0.05, 0.1) is 13.5 Å². The summed E-state index contributed by atoms with van der Waals surface area (Å²) in [6, 6.07) is 0. The predicted molar refractivity (Wildman–Crippen MR) is 80.5 cm³/mol. The normalized spacial score (nSPS) is 10.6. The molecule has 1 aromatic heterocycles. The Kier molecular flexibility index (Phi) is 8.71. The molecule has 7 heteroatoms. The molecule has 2 N–H and O–H groups in total. The number of halogens is 1. The van der Waals surface area contributed by atoms with E-state index in [0.29, 0.717) is 24.0 Å². The third kappa shape index (κ3) is 7.34.